The fraction of sp³-hybridized carbons (Fsp3) is 1.00. The van der Waals surface area contributed by atoms with Crippen molar-refractivity contribution >= 4 is 31.9 Å². The predicted molar refractivity (Wildman–Crippen MR) is 48.4 cm³/mol. The minimum absolute atomic E-state index is 0.354. The number of rotatable bonds is 0. The summed E-state index contributed by atoms with van der Waals surface area (Å²) in [7, 11) is 0. The van der Waals surface area contributed by atoms with Gasteiger partial charge in [0.2, 0.25) is 0 Å². The molecule has 0 N–H and O–H groups in total. The Balaban J connectivity index is 2.58. The van der Waals surface area contributed by atoms with Crippen LogP contribution >= 0.6 is 31.9 Å². The van der Waals surface area contributed by atoms with E-state index in [1.807, 2.05) is 0 Å². The molecule has 0 radical (unpaired) electrons. The van der Waals surface area contributed by atoms with Crippen molar-refractivity contribution in [2.75, 3.05) is 0 Å². The lowest BCUT2D eigenvalue weighted by atomic mass is 10.1. The van der Waals surface area contributed by atoms with E-state index in [-0.39, 0.29) is 0 Å². The molecule has 0 bridgehead atoms. The Bertz CT molecular complexity index is 109. The molecular formula is C7H12Br2. The average molecular weight is 256 g/mol. The zero-order valence-electron chi connectivity index (χ0n) is 5.82. The lowest BCUT2D eigenvalue weighted by Crippen LogP contribution is -2.20. The van der Waals surface area contributed by atoms with Crippen LogP contribution in [0.25, 0.3) is 0 Å². The van der Waals surface area contributed by atoms with Crippen molar-refractivity contribution < 1.29 is 0 Å². The van der Waals surface area contributed by atoms with Gasteiger partial charge in [-0.05, 0) is 25.7 Å². The SMILES string of the molecule is CC1CC(Br)C(C)(Br)C1. The molecule has 9 heavy (non-hydrogen) atoms. The van der Waals surface area contributed by atoms with Crippen LogP contribution in [-0.2, 0) is 0 Å². The summed E-state index contributed by atoms with van der Waals surface area (Å²) < 4.78 is 0.354. The van der Waals surface area contributed by atoms with E-state index in [1.165, 1.54) is 12.8 Å². The van der Waals surface area contributed by atoms with Crippen LogP contribution in [0, 0.1) is 5.92 Å². The van der Waals surface area contributed by atoms with E-state index >= 15 is 0 Å². The highest BCUT2D eigenvalue weighted by atomic mass is 79.9. The topological polar surface area (TPSA) is 0 Å². The van der Waals surface area contributed by atoms with Gasteiger partial charge in [-0.1, -0.05) is 38.8 Å². The second-order valence-corrected chi connectivity index (χ2v) is 6.21. The predicted octanol–water partition coefficient (Wildman–Crippen LogP) is 3.33. The third-order valence-electron chi connectivity index (χ3n) is 2.01. The zero-order chi connectivity index (χ0) is 7.07. The van der Waals surface area contributed by atoms with Crippen LogP contribution in [0.2, 0.25) is 0 Å². The third kappa shape index (κ3) is 1.70. The van der Waals surface area contributed by atoms with Gasteiger partial charge in [0.1, 0.15) is 0 Å². The zero-order valence-corrected chi connectivity index (χ0v) is 9.00. The quantitative estimate of drug-likeness (QED) is 0.583. The van der Waals surface area contributed by atoms with Gasteiger partial charge in [-0.3, -0.25) is 0 Å². The van der Waals surface area contributed by atoms with Crippen molar-refractivity contribution in [3.8, 4) is 0 Å². The molecule has 0 heterocycles. The van der Waals surface area contributed by atoms with Crippen LogP contribution < -0.4 is 0 Å². The highest BCUT2D eigenvalue weighted by molar-refractivity contribution is 9.12. The van der Waals surface area contributed by atoms with Crippen molar-refractivity contribution in [2.24, 2.45) is 5.92 Å². The Morgan fingerprint density at radius 3 is 2.22 bits per heavy atom. The molecule has 1 saturated carbocycles. The van der Waals surface area contributed by atoms with Gasteiger partial charge in [-0.25, -0.2) is 0 Å². The Labute approximate surface area is 73.7 Å². The fourth-order valence-electron chi connectivity index (χ4n) is 1.49. The summed E-state index contributed by atoms with van der Waals surface area (Å²) in [6, 6.07) is 0. The summed E-state index contributed by atoms with van der Waals surface area (Å²) in [4.78, 5) is 0.667. The van der Waals surface area contributed by atoms with E-state index in [1.54, 1.807) is 0 Å². The summed E-state index contributed by atoms with van der Waals surface area (Å²) in [5.74, 6) is 0.874. The molecule has 54 valence electrons. The van der Waals surface area contributed by atoms with Crippen molar-refractivity contribution in [1.82, 2.24) is 0 Å². The minimum atomic E-state index is 0.354. The first kappa shape index (κ1) is 8.06. The maximum Gasteiger partial charge on any atom is 0.0357 e. The van der Waals surface area contributed by atoms with Crippen molar-refractivity contribution in [3.05, 3.63) is 0 Å². The van der Waals surface area contributed by atoms with Crippen LogP contribution in [0.15, 0.2) is 0 Å². The largest absolute Gasteiger partial charge is 0.0875 e. The van der Waals surface area contributed by atoms with E-state index in [4.69, 9.17) is 0 Å². The van der Waals surface area contributed by atoms with E-state index in [0.29, 0.717) is 9.15 Å². The smallest absolute Gasteiger partial charge is 0.0357 e. The van der Waals surface area contributed by atoms with Crippen molar-refractivity contribution in [1.29, 1.82) is 0 Å². The Morgan fingerprint density at radius 1 is 1.56 bits per heavy atom. The van der Waals surface area contributed by atoms with Crippen molar-refractivity contribution in [2.45, 2.75) is 35.8 Å². The maximum atomic E-state index is 3.70. The Kier molecular flexibility index (Phi) is 2.27. The summed E-state index contributed by atoms with van der Waals surface area (Å²) in [5, 5.41) is 0. The van der Waals surface area contributed by atoms with Gasteiger partial charge in [0.05, 0.1) is 0 Å². The molecular weight excluding hydrogens is 244 g/mol. The molecule has 1 aliphatic carbocycles. The molecule has 0 aromatic rings. The molecule has 0 saturated heterocycles. The molecule has 0 aromatic carbocycles. The van der Waals surface area contributed by atoms with E-state index in [9.17, 15) is 0 Å². The van der Waals surface area contributed by atoms with E-state index in [2.05, 4.69) is 45.7 Å². The summed E-state index contributed by atoms with van der Waals surface area (Å²) >= 11 is 7.35. The normalized spacial score (nSPS) is 52.0. The second-order valence-electron chi connectivity index (χ2n) is 3.29. The fourth-order valence-corrected chi connectivity index (χ4v) is 3.06. The van der Waals surface area contributed by atoms with Crippen LogP contribution in [0.3, 0.4) is 0 Å². The van der Waals surface area contributed by atoms with Crippen LogP contribution in [0.1, 0.15) is 26.7 Å². The van der Waals surface area contributed by atoms with Crippen LogP contribution in [0.5, 0.6) is 0 Å². The molecule has 1 aliphatic rings. The Hall–Kier alpha value is 0.960. The molecule has 3 unspecified atom stereocenters. The first-order chi connectivity index (χ1) is 4.02. The van der Waals surface area contributed by atoms with Gasteiger partial charge in [0, 0.05) is 9.15 Å². The molecule has 0 spiro atoms. The van der Waals surface area contributed by atoms with Gasteiger partial charge >= 0.3 is 0 Å². The summed E-state index contributed by atoms with van der Waals surface area (Å²) in [6.45, 7) is 4.57. The lowest BCUT2D eigenvalue weighted by Gasteiger charge is -2.18. The third-order valence-corrected chi connectivity index (χ3v) is 4.89. The Morgan fingerprint density at radius 2 is 2.11 bits per heavy atom. The summed E-state index contributed by atoms with van der Waals surface area (Å²) in [5.41, 5.74) is 0. The van der Waals surface area contributed by atoms with Gasteiger partial charge in [0.25, 0.3) is 0 Å². The average Bonchev–Trinajstić information content (AvgIpc) is 1.79. The first-order valence-corrected chi connectivity index (χ1v) is 5.06. The van der Waals surface area contributed by atoms with Crippen LogP contribution in [0.4, 0.5) is 0 Å². The van der Waals surface area contributed by atoms with Crippen LogP contribution in [-0.4, -0.2) is 9.15 Å². The number of hydrogen-bond donors (Lipinski definition) is 0. The lowest BCUT2D eigenvalue weighted by molar-refractivity contribution is 0.589. The molecule has 2 heteroatoms. The minimum Gasteiger partial charge on any atom is -0.0875 e. The molecule has 1 fully saturated rings. The first-order valence-electron chi connectivity index (χ1n) is 3.35. The van der Waals surface area contributed by atoms with Gasteiger partial charge in [0.15, 0.2) is 0 Å². The molecule has 0 aliphatic heterocycles. The highest BCUT2D eigenvalue weighted by Gasteiger charge is 2.38. The monoisotopic (exact) mass is 254 g/mol. The van der Waals surface area contributed by atoms with Gasteiger partial charge in [-0.2, -0.15) is 0 Å². The summed E-state index contributed by atoms with van der Waals surface area (Å²) in [6.07, 6.45) is 2.60. The second kappa shape index (κ2) is 2.54. The standard InChI is InChI=1S/C7H12Br2/c1-5-3-6(8)7(2,9)4-5/h5-6H,3-4H2,1-2H3. The molecule has 3 atom stereocenters. The highest BCUT2D eigenvalue weighted by Crippen LogP contribution is 2.44. The number of alkyl halides is 2. The number of halogens is 2. The van der Waals surface area contributed by atoms with Gasteiger partial charge < -0.3 is 0 Å². The molecule has 0 amide bonds. The number of hydrogen-bond acceptors (Lipinski definition) is 0. The molecule has 1 rings (SSSR count). The molecule has 0 nitrogen and oxygen atoms in total. The maximum absolute atomic E-state index is 3.70. The van der Waals surface area contributed by atoms with Gasteiger partial charge in [-0.15, -0.1) is 0 Å². The molecule has 0 aromatic heterocycles. The van der Waals surface area contributed by atoms with E-state index < -0.39 is 0 Å². The van der Waals surface area contributed by atoms with Crippen molar-refractivity contribution in [3.63, 3.8) is 0 Å². The van der Waals surface area contributed by atoms with E-state index in [0.717, 1.165) is 5.92 Å².